The van der Waals surface area contributed by atoms with E-state index in [1.54, 1.807) is 18.3 Å². The van der Waals surface area contributed by atoms with Gasteiger partial charge in [0.25, 0.3) is 0 Å². The van der Waals surface area contributed by atoms with Crippen LogP contribution in [0.15, 0.2) is 29.3 Å². The molecule has 0 saturated heterocycles. The molecule has 60 valence electrons. The van der Waals surface area contributed by atoms with Crippen LogP contribution in [0.5, 0.6) is 0 Å². The zero-order valence-corrected chi connectivity index (χ0v) is 6.14. The molecule has 0 aromatic carbocycles. The molecule has 0 spiro atoms. The topological polar surface area (TPSA) is 54.6 Å². The van der Waals surface area contributed by atoms with Crippen LogP contribution >= 0.6 is 0 Å². The molecule has 2 heterocycles. The lowest BCUT2D eigenvalue weighted by atomic mass is 10.4. The zero-order chi connectivity index (χ0) is 8.55. The minimum atomic E-state index is -0.211. The molecule has 0 atom stereocenters. The second kappa shape index (κ2) is 2.34. The van der Waals surface area contributed by atoms with Crippen LogP contribution in [0, 0.1) is 0 Å². The highest BCUT2D eigenvalue weighted by molar-refractivity contribution is 5.46. The van der Waals surface area contributed by atoms with Crippen LogP contribution in [-0.4, -0.2) is 14.7 Å². The molecule has 0 fully saturated rings. The van der Waals surface area contributed by atoms with Crippen LogP contribution in [-0.2, 0) is 0 Å². The first-order valence-electron chi connectivity index (χ1n) is 3.44. The lowest BCUT2D eigenvalue weighted by Crippen LogP contribution is -2.26. The summed E-state index contributed by atoms with van der Waals surface area (Å²) < 4.78 is 1.47. The molecule has 0 saturated carbocycles. The predicted molar refractivity (Wildman–Crippen MR) is 43.8 cm³/mol. The highest BCUT2D eigenvalue weighted by atomic mass is 16.2. The average molecular weight is 162 g/mol. The van der Waals surface area contributed by atoms with E-state index < -0.39 is 0 Å². The maximum atomic E-state index is 11.4. The van der Waals surface area contributed by atoms with Crippen molar-refractivity contribution in [3.63, 3.8) is 0 Å². The minimum absolute atomic E-state index is 0.209. The van der Waals surface area contributed by atoms with Crippen LogP contribution in [0.3, 0.4) is 0 Å². The molecular weight excluding hydrogens is 156 g/mol. The van der Waals surface area contributed by atoms with Gasteiger partial charge in [0, 0.05) is 6.20 Å². The first-order chi connectivity index (χ1) is 5.83. The summed E-state index contributed by atoms with van der Waals surface area (Å²) in [5.41, 5.74) is 0.260. The van der Waals surface area contributed by atoms with E-state index in [-0.39, 0.29) is 10.6 Å². The Balaban J connectivity index is 3.08. The van der Waals surface area contributed by atoms with E-state index >= 15 is 0 Å². The van der Waals surface area contributed by atoms with Gasteiger partial charge in [-0.25, -0.2) is 4.52 Å². The molecule has 0 radical (unpaired) electrons. The Labute approximate surface area is 67.4 Å². The van der Waals surface area contributed by atoms with Crippen LogP contribution in [0.2, 0.25) is 0 Å². The van der Waals surface area contributed by atoms with E-state index in [1.165, 1.54) is 10.7 Å². The summed E-state index contributed by atoms with van der Waals surface area (Å²) in [4.78, 5) is 11.4. The fourth-order valence-electron chi connectivity index (χ4n) is 1.08. The standard InChI is InChI=1S/C8H6N2O2/c11-5-6-4-9-10-3-1-2-7(10)8(6)12/h1-5,11H/b6-5-. The van der Waals surface area contributed by atoms with Gasteiger partial charge in [0.05, 0.1) is 17.7 Å². The Morgan fingerprint density at radius 1 is 1.58 bits per heavy atom. The summed E-state index contributed by atoms with van der Waals surface area (Å²) in [5.74, 6) is 0. The molecule has 0 unspecified atom stereocenters. The van der Waals surface area contributed by atoms with Crippen molar-refractivity contribution in [2.24, 2.45) is 0 Å². The number of nitrogens with zero attached hydrogens (tertiary/aromatic N) is 2. The number of fused-ring (bicyclic) bond motifs is 1. The van der Waals surface area contributed by atoms with Crippen molar-refractivity contribution in [2.45, 2.75) is 0 Å². The molecule has 2 rings (SSSR count). The summed E-state index contributed by atoms with van der Waals surface area (Å²) in [7, 11) is 0. The normalized spacial score (nSPS) is 12.5. The van der Waals surface area contributed by atoms with E-state index in [1.807, 2.05) is 0 Å². The monoisotopic (exact) mass is 162 g/mol. The lowest BCUT2D eigenvalue weighted by Gasteiger charge is -1.89. The molecule has 0 bridgehead atoms. The number of hydrogen-bond donors (Lipinski definition) is 1. The molecule has 0 aliphatic heterocycles. The summed E-state index contributed by atoms with van der Waals surface area (Å²) in [5, 5.41) is 12.7. The quantitative estimate of drug-likeness (QED) is 0.579. The van der Waals surface area contributed by atoms with Gasteiger partial charge in [-0.3, -0.25) is 4.79 Å². The third kappa shape index (κ3) is 0.780. The van der Waals surface area contributed by atoms with E-state index in [0.717, 1.165) is 6.26 Å². The Hall–Kier alpha value is -1.84. The Morgan fingerprint density at radius 2 is 2.42 bits per heavy atom. The number of aliphatic hydroxyl groups is 1. The van der Waals surface area contributed by atoms with Gasteiger partial charge in [-0.2, -0.15) is 5.10 Å². The molecule has 0 aliphatic rings. The van der Waals surface area contributed by atoms with Gasteiger partial charge in [-0.15, -0.1) is 0 Å². The van der Waals surface area contributed by atoms with E-state index in [2.05, 4.69) is 5.10 Å². The summed E-state index contributed by atoms with van der Waals surface area (Å²) in [6, 6.07) is 3.38. The van der Waals surface area contributed by atoms with Crippen molar-refractivity contribution >= 4 is 11.8 Å². The van der Waals surface area contributed by atoms with Crippen LogP contribution in [0.1, 0.15) is 0 Å². The third-order valence-corrected chi connectivity index (χ3v) is 1.68. The van der Waals surface area contributed by atoms with E-state index in [9.17, 15) is 4.79 Å². The van der Waals surface area contributed by atoms with Crippen molar-refractivity contribution in [3.8, 4) is 0 Å². The number of aromatic nitrogens is 2. The van der Waals surface area contributed by atoms with Crippen LogP contribution in [0.4, 0.5) is 0 Å². The predicted octanol–water partition coefficient (Wildman–Crippen LogP) is -0.291. The fourth-order valence-corrected chi connectivity index (χ4v) is 1.08. The summed E-state index contributed by atoms with van der Waals surface area (Å²) in [6.07, 6.45) is 3.77. The third-order valence-electron chi connectivity index (χ3n) is 1.68. The molecule has 0 aliphatic carbocycles. The second-order valence-corrected chi connectivity index (χ2v) is 2.40. The average Bonchev–Trinajstić information content (AvgIpc) is 2.53. The maximum absolute atomic E-state index is 11.4. The number of rotatable bonds is 0. The van der Waals surface area contributed by atoms with Gasteiger partial charge in [-0.1, -0.05) is 0 Å². The van der Waals surface area contributed by atoms with Gasteiger partial charge in [0.15, 0.2) is 0 Å². The highest BCUT2D eigenvalue weighted by Crippen LogP contribution is 1.91. The minimum Gasteiger partial charge on any atom is -0.515 e. The first kappa shape index (κ1) is 6.84. The first-order valence-corrected chi connectivity index (χ1v) is 3.44. The van der Waals surface area contributed by atoms with E-state index in [4.69, 9.17) is 5.11 Å². The van der Waals surface area contributed by atoms with Gasteiger partial charge < -0.3 is 5.11 Å². The zero-order valence-electron chi connectivity index (χ0n) is 6.14. The fraction of sp³-hybridized carbons (Fsp3) is 0. The molecule has 2 aromatic rings. The van der Waals surface area contributed by atoms with Crippen molar-refractivity contribution in [1.29, 1.82) is 0 Å². The van der Waals surface area contributed by atoms with Crippen molar-refractivity contribution in [3.05, 3.63) is 40.0 Å². The summed E-state index contributed by atoms with van der Waals surface area (Å²) >= 11 is 0. The Bertz CT molecular complexity index is 515. The number of hydrogen-bond acceptors (Lipinski definition) is 3. The second-order valence-electron chi connectivity index (χ2n) is 2.40. The molecule has 2 aromatic heterocycles. The van der Waals surface area contributed by atoms with Crippen molar-refractivity contribution in [2.75, 3.05) is 0 Å². The Kier molecular flexibility index (Phi) is 1.33. The van der Waals surface area contributed by atoms with Gasteiger partial charge >= 0.3 is 0 Å². The van der Waals surface area contributed by atoms with Crippen LogP contribution < -0.4 is 10.6 Å². The van der Waals surface area contributed by atoms with E-state index in [0.29, 0.717) is 5.52 Å². The highest BCUT2D eigenvalue weighted by Gasteiger charge is 1.98. The molecule has 12 heavy (non-hydrogen) atoms. The maximum Gasteiger partial charge on any atom is 0.216 e. The Morgan fingerprint density at radius 3 is 3.17 bits per heavy atom. The van der Waals surface area contributed by atoms with Gasteiger partial charge in [0.1, 0.15) is 5.52 Å². The number of aliphatic hydroxyl groups excluding tert-OH is 1. The SMILES string of the molecule is O=c1/c(=C\O)cnn2cccc12. The van der Waals surface area contributed by atoms with Crippen molar-refractivity contribution in [1.82, 2.24) is 9.61 Å². The molecule has 0 amide bonds. The molecule has 4 nitrogen and oxygen atoms in total. The molecule has 4 heteroatoms. The van der Waals surface area contributed by atoms with Gasteiger partial charge in [-0.05, 0) is 12.1 Å². The largest absolute Gasteiger partial charge is 0.515 e. The summed E-state index contributed by atoms with van der Waals surface area (Å²) in [6.45, 7) is 0. The lowest BCUT2D eigenvalue weighted by molar-refractivity contribution is 0.539. The smallest absolute Gasteiger partial charge is 0.216 e. The molecule has 1 N–H and O–H groups in total. The van der Waals surface area contributed by atoms with Crippen LogP contribution in [0.25, 0.3) is 11.8 Å². The molecular formula is C8H6N2O2. The van der Waals surface area contributed by atoms with Gasteiger partial charge in [0.2, 0.25) is 5.43 Å². The van der Waals surface area contributed by atoms with Crippen molar-refractivity contribution < 1.29 is 5.11 Å².